The lowest BCUT2D eigenvalue weighted by molar-refractivity contribution is -0.302. The number of amides is 1. The molecule has 1 saturated heterocycles. The van der Waals surface area contributed by atoms with Gasteiger partial charge in [0.2, 0.25) is 5.91 Å². The molecule has 0 bridgehead atoms. The molecule has 0 radical (unpaired) electrons. The van der Waals surface area contributed by atoms with Crippen LogP contribution in [0.15, 0.2) is 134 Å². The third-order valence-electron chi connectivity index (χ3n) is 17.2. The minimum atomic E-state index is -1.58. The van der Waals surface area contributed by atoms with Gasteiger partial charge in [0.25, 0.3) is 0 Å². The summed E-state index contributed by atoms with van der Waals surface area (Å²) in [6, 6.07) is -0.839. The molecular formula is C82H141NO8. The number of carbonyl (C=O) groups excluding carboxylic acids is 1. The van der Waals surface area contributed by atoms with E-state index in [-0.39, 0.29) is 12.5 Å². The van der Waals surface area contributed by atoms with Crippen LogP contribution in [0.25, 0.3) is 0 Å². The maximum Gasteiger partial charge on any atom is 0.220 e. The summed E-state index contributed by atoms with van der Waals surface area (Å²) >= 11 is 0. The standard InChI is InChI=1S/C82H141NO8/c1-3-5-7-9-11-13-15-17-19-21-23-25-27-29-31-33-34-35-36-37-38-39-40-41-42-44-46-48-50-52-54-56-58-60-62-64-66-68-70-72-78(86)83-75(74-90-82-81(89)80(88)79(87)77(73-84)91-82)76(85)71-69-67-65-63-61-59-57-55-53-51-49-47-45-43-32-30-28-26-24-22-20-18-16-14-12-10-8-6-4-2/h5,7,11,13,17,19,23,25,29,31,34-35,37-38,40-41,53,55,61,63,69,71,75-77,79-82,84-85,87-89H,3-4,6,8-10,12,14-16,18,20-22,24,26-28,30,32-33,36,39,42-52,54,56-60,62,64-68,70,72-74H2,1-2H3,(H,83,86)/b7-5-,13-11-,19-17-,25-23-,31-29-,35-34-,38-37-,41-40-,55-53+,63-61+,71-69+. The molecule has 1 aliphatic heterocycles. The molecule has 0 spiro atoms. The van der Waals surface area contributed by atoms with Gasteiger partial charge in [-0.05, 0) is 109 Å². The molecule has 1 fully saturated rings. The molecule has 1 amide bonds. The Labute approximate surface area is 560 Å². The van der Waals surface area contributed by atoms with Crippen molar-refractivity contribution >= 4 is 5.91 Å². The molecule has 1 aliphatic rings. The van der Waals surface area contributed by atoms with Crippen LogP contribution in [0.2, 0.25) is 0 Å². The first-order valence-corrected chi connectivity index (χ1v) is 37.9. The number of hydrogen-bond donors (Lipinski definition) is 6. The normalized spacial score (nSPS) is 18.5. The minimum Gasteiger partial charge on any atom is -0.394 e. The Morgan fingerprint density at radius 2 is 0.692 bits per heavy atom. The number of aliphatic hydroxyl groups excluding tert-OH is 5. The van der Waals surface area contributed by atoms with Crippen molar-refractivity contribution in [1.29, 1.82) is 0 Å². The first kappa shape index (κ1) is 85.3. The molecule has 0 aromatic rings. The minimum absolute atomic E-state index is 0.193. The van der Waals surface area contributed by atoms with Gasteiger partial charge in [0, 0.05) is 6.42 Å². The van der Waals surface area contributed by atoms with E-state index in [9.17, 15) is 30.3 Å². The topological polar surface area (TPSA) is 149 Å². The molecule has 6 N–H and O–H groups in total. The molecule has 0 saturated carbocycles. The number of aliphatic hydroxyl groups is 5. The Morgan fingerprint density at radius 3 is 1.05 bits per heavy atom. The average molecular weight is 1270 g/mol. The zero-order valence-corrected chi connectivity index (χ0v) is 58.6. The SMILES string of the molecule is CC/C=C\C/C=C\C/C=C\C/C=C\C/C=C\C/C=C\C/C=C\C/C=C\CCCCCCCCCCCCCCCCC(=O)NC(COC1OC(CO)C(O)C(O)C1O)C(O)/C=C/CC/C=C/CC/C=C/CCCCCCCCCCCCCCCCCCCCC. The molecule has 1 rings (SSSR count). The highest BCUT2D eigenvalue weighted by Crippen LogP contribution is 2.23. The molecule has 0 aliphatic carbocycles. The Hall–Kier alpha value is -3.67. The summed E-state index contributed by atoms with van der Waals surface area (Å²) in [5.74, 6) is -0.193. The van der Waals surface area contributed by atoms with Crippen molar-refractivity contribution in [2.75, 3.05) is 13.2 Å². The van der Waals surface area contributed by atoms with Crippen molar-refractivity contribution in [3.63, 3.8) is 0 Å². The summed E-state index contributed by atoms with van der Waals surface area (Å²) < 4.78 is 11.3. The molecular weight excluding hydrogens is 1130 g/mol. The lowest BCUT2D eigenvalue weighted by Gasteiger charge is -2.40. The zero-order chi connectivity index (χ0) is 65.7. The predicted octanol–water partition coefficient (Wildman–Crippen LogP) is 21.5. The van der Waals surface area contributed by atoms with E-state index in [0.29, 0.717) is 6.42 Å². The van der Waals surface area contributed by atoms with E-state index in [1.54, 1.807) is 6.08 Å². The van der Waals surface area contributed by atoms with Gasteiger partial charge in [0.15, 0.2) is 6.29 Å². The maximum atomic E-state index is 13.2. The Bertz CT molecular complexity index is 1910. The van der Waals surface area contributed by atoms with Crippen LogP contribution in [0.1, 0.15) is 322 Å². The predicted molar refractivity (Wildman–Crippen MR) is 391 cm³/mol. The molecule has 7 unspecified atom stereocenters. The number of carbonyl (C=O) groups is 1. The second kappa shape index (κ2) is 69.2. The van der Waals surface area contributed by atoms with Crippen molar-refractivity contribution < 1.29 is 39.8 Å². The van der Waals surface area contributed by atoms with Crippen LogP contribution in [0.3, 0.4) is 0 Å². The number of hydrogen-bond acceptors (Lipinski definition) is 8. The van der Waals surface area contributed by atoms with E-state index in [1.165, 1.54) is 205 Å². The monoisotopic (exact) mass is 1270 g/mol. The summed E-state index contributed by atoms with van der Waals surface area (Å²) in [6.45, 7) is 3.67. The van der Waals surface area contributed by atoms with Crippen LogP contribution < -0.4 is 5.32 Å². The van der Waals surface area contributed by atoms with E-state index in [4.69, 9.17) is 9.47 Å². The summed E-state index contributed by atoms with van der Waals surface area (Å²) in [6.07, 6.45) is 98.6. The van der Waals surface area contributed by atoms with Gasteiger partial charge in [-0.1, -0.05) is 340 Å². The Morgan fingerprint density at radius 1 is 0.385 bits per heavy atom. The van der Waals surface area contributed by atoms with Crippen molar-refractivity contribution in [2.24, 2.45) is 0 Å². The van der Waals surface area contributed by atoms with Crippen molar-refractivity contribution in [3.8, 4) is 0 Å². The highest BCUT2D eigenvalue weighted by atomic mass is 16.7. The highest BCUT2D eigenvalue weighted by molar-refractivity contribution is 5.76. The number of nitrogens with one attached hydrogen (secondary N) is 1. The molecule has 0 aromatic carbocycles. The van der Waals surface area contributed by atoms with Gasteiger partial charge < -0.3 is 40.3 Å². The summed E-state index contributed by atoms with van der Waals surface area (Å²) in [7, 11) is 0. The number of unbranched alkanes of at least 4 members (excludes halogenated alkanes) is 35. The molecule has 522 valence electrons. The quantitative estimate of drug-likeness (QED) is 0.0261. The van der Waals surface area contributed by atoms with Gasteiger partial charge >= 0.3 is 0 Å². The number of rotatable bonds is 65. The molecule has 0 aromatic heterocycles. The molecule has 9 heteroatoms. The largest absolute Gasteiger partial charge is 0.394 e. The van der Waals surface area contributed by atoms with E-state index in [2.05, 4.69) is 141 Å². The van der Waals surface area contributed by atoms with Gasteiger partial charge in [-0.25, -0.2) is 0 Å². The lowest BCUT2D eigenvalue weighted by Crippen LogP contribution is -2.60. The van der Waals surface area contributed by atoms with E-state index >= 15 is 0 Å². The van der Waals surface area contributed by atoms with Gasteiger partial charge in [-0.15, -0.1) is 0 Å². The molecule has 1 heterocycles. The van der Waals surface area contributed by atoms with Crippen LogP contribution in [-0.4, -0.2) is 87.5 Å². The van der Waals surface area contributed by atoms with Crippen LogP contribution >= 0.6 is 0 Å². The summed E-state index contributed by atoms with van der Waals surface area (Å²) in [5, 5.41) is 54.8. The lowest BCUT2D eigenvalue weighted by atomic mass is 9.99. The van der Waals surface area contributed by atoms with Crippen LogP contribution in [0.5, 0.6) is 0 Å². The molecule has 7 atom stereocenters. The third-order valence-corrected chi connectivity index (χ3v) is 17.2. The van der Waals surface area contributed by atoms with Gasteiger partial charge in [0.1, 0.15) is 24.4 Å². The number of allylic oxidation sites excluding steroid dienone is 21. The fourth-order valence-electron chi connectivity index (χ4n) is 11.3. The first-order chi connectivity index (χ1) is 44.8. The number of ether oxygens (including phenoxy) is 2. The van der Waals surface area contributed by atoms with E-state index < -0.39 is 49.5 Å². The molecule has 91 heavy (non-hydrogen) atoms. The summed E-state index contributed by atoms with van der Waals surface area (Å²) in [4.78, 5) is 13.2. The van der Waals surface area contributed by atoms with Crippen LogP contribution in [0.4, 0.5) is 0 Å². The Balaban J connectivity index is 2.14. The second-order valence-corrected chi connectivity index (χ2v) is 25.7. The first-order valence-electron chi connectivity index (χ1n) is 37.9. The van der Waals surface area contributed by atoms with Gasteiger partial charge in [-0.3, -0.25) is 4.79 Å². The highest BCUT2D eigenvalue weighted by Gasteiger charge is 2.44. The van der Waals surface area contributed by atoms with E-state index in [1.807, 2.05) is 6.08 Å². The fraction of sp³-hybridized carbons (Fsp3) is 0.720. The smallest absolute Gasteiger partial charge is 0.220 e. The van der Waals surface area contributed by atoms with Crippen LogP contribution in [0, 0.1) is 0 Å². The fourth-order valence-corrected chi connectivity index (χ4v) is 11.3. The molecule has 9 nitrogen and oxygen atoms in total. The second-order valence-electron chi connectivity index (χ2n) is 25.7. The maximum absolute atomic E-state index is 13.2. The third kappa shape index (κ3) is 57.5. The van der Waals surface area contributed by atoms with Crippen molar-refractivity contribution in [1.82, 2.24) is 5.32 Å². The average Bonchev–Trinajstić information content (AvgIpc) is 1.33. The van der Waals surface area contributed by atoms with Gasteiger partial charge in [0.05, 0.1) is 25.4 Å². The Kier molecular flexibility index (Phi) is 64.9. The van der Waals surface area contributed by atoms with Crippen molar-refractivity contribution in [2.45, 2.75) is 365 Å². The van der Waals surface area contributed by atoms with Gasteiger partial charge in [-0.2, -0.15) is 0 Å². The van der Waals surface area contributed by atoms with Crippen molar-refractivity contribution in [3.05, 3.63) is 134 Å². The summed E-state index contributed by atoms with van der Waals surface area (Å²) in [5.41, 5.74) is 0. The van der Waals surface area contributed by atoms with Crippen LogP contribution in [-0.2, 0) is 14.3 Å². The van der Waals surface area contributed by atoms with E-state index in [0.717, 1.165) is 96.3 Å². The zero-order valence-electron chi connectivity index (χ0n) is 58.6.